The Labute approximate surface area is 219 Å². The second-order valence-electron chi connectivity index (χ2n) is 8.59. The summed E-state index contributed by atoms with van der Waals surface area (Å²) in [5, 5.41) is 11.3. The van der Waals surface area contributed by atoms with E-state index in [1.807, 2.05) is 31.2 Å². The van der Waals surface area contributed by atoms with Crippen LogP contribution in [0.2, 0.25) is 5.02 Å². The zero-order valence-corrected chi connectivity index (χ0v) is 21.3. The van der Waals surface area contributed by atoms with Gasteiger partial charge in [-0.3, -0.25) is 10.1 Å². The summed E-state index contributed by atoms with van der Waals surface area (Å²) in [6.07, 6.45) is 1.57. The molecule has 4 rings (SSSR count). The average molecular weight is 521 g/mol. The van der Waals surface area contributed by atoms with Gasteiger partial charge in [0.15, 0.2) is 17.2 Å². The number of hydrogen-bond donors (Lipinski definition) is 0. The van der Waals surface area contributed by atoms with Crippen molar-refractivity contribution in [2.24, 2.45) is 4.99 Å². The first-order chi connectivity index (χ1) is 17.7. The zero-order chi connectivity index (χ0) is 26.5. The van der Waals surface area contributed by atoms with Gasteiger partial charge in [-0.05, 0) is 59.9 Å². The Bertz CT molecular complexity index is 1400. The number of nitrogens with zero attached hydrogens (tertiary/aromatic N) is 2. The molecule has 0 aliphatic carbocycles. The maximum Gasteiger partial charge on any atom is 0.363 e. The number of carbonyl (C=O) groups is 1. The monoisotopic (exact) mass is 520 g/mol. The molecule has 1 aliphatic heterocycles. The fourth-order valence-electron chi connectivity index (χ4n) is 3.69. The summed E-state index contributed by atoms with van der Waals surface area (Å²) in [5.74, 6) is 0.718. The van der Waals surface area contributed by atoms with E-state index in [4.69, 9.17) is 25.8 Å². The number of nitro benzene ring substituents is 1. The van der Waals surface area contributed by atoms with E-state index in [1.165, 1.54) is 17.7 Å². The Kier molecular flexibility index (Phi) is 7.89. The molecule has 0 saturated heterocycles. The molecule has 1 heterocycles. The first kappa shape index (κ1) is 25.9. The third kappa shape index (κ3) is 6.16. The van der Waals surface area contributed by atoms with Crippen LogP contribution in [0.4, 0.5) is 5.69 Å². The Morgan fingerprint density at radius 1 is 1.11 bits per heavy atom. The molecule has 8 nitrogen and oxygen atoms in total. The first-order valence-electron chi connectivity index (χ1n) is 11.7. The SMILES string of the molecule is CCOc1cc(C=C2N=C(c3ccc(C(C)C)cc3)OC2=O)cc(Cl)c1OCc1cccc([N+](=O)[O-])c1. The number of benzene rings is 3. The van der Waals surface area contributed by atoms with Crippen molar-refractivity contribution >= 4 is 35.2 Å². The lowest BCUT2D eigenvalue weighted by Crippen LogP contribution is -2.05. The number of non-ortho nitro benzene ring substituents is 1. The predicted octanol–water partition coefficient (Wildman–Crippen LogP) is 6.69. The maximum absolute atomic E-state index is 12.5. The minimum absolute atomic E-state index is 0.0292. The van der Waals surface area contributed by atoms with Gasteiger partial charge in [0.2, 0.25) is 5.90 Å². The second-order valence-corrected chi connectivity index (χ2v) is 9.00. The molecular formula is C28H25ClN2O6. The van der Waals surface area contributed by atoms with E-state index in [-0.39, 0.29) is 28.9 Å². The van der Waals surface area contributed by atoms with E-state index in [0.717, 1.165) is 0 Å². The number of nitro groups is 1. The highest BCUT2D eigenvalue weighted by Crippen LogP contribution is 2.38. The summed E-state index contributed by atoms with van der Waals surface area (Å²) in [4.78, 5) is 27.4. The quantitative estimate of drug-likeness (QED) is 0.135. The summed E-state index contributed by atoms with van der Waals surface area (Å²) < 4.78 is 17.0. The zero-order valence-electron chi connectivity index (χ0n) is 20.6. The van der Waals surface area contributed by atoms with E-state index >= 15 is 0 Å². The van der Waals surface area contributed by atoms with E-state index in [9.17, 15) is 14.9 Å². The largest absolute Gasteiger partial charge is 0.490 e. The van der Waals surface area contributed by atoms with Crippen molar-refractivity contribution < 1.29 is 23.9 Å². The lowest BCUT2D eigenvalue weighted by atomic mass is 10.0. The molecule has 9 heteroatoms. The minimum Gasteiger partial charge on any atom is -0.490 e. The van der Waals surface area contributed by atoms with Gasteiger partial charge in [-0.2, -0.15) is 0 Å². The Morgan fingerprint density at radius 3 is 2.54 bits per heavy atom. The van der Waals surface area contributed by atoms with Crippen LogP contribution in [0, 0.1) is 10.1 Å². The van der Waals surface area contributed by atoms with Crippen LogP contribution in [-0.2, 0) is 16.1 Å². The molecular weight excluding hydrogens is 496 g/mol. The van der Waals surface area contributed by atoms with E-state index in [2.05, 4.69) is 18.8 Å². The van der Waals surface area contributed by atoms with Gasteiger partial charge in [0.05, 0.1) is 16.6 Å². The lowest BCUT2D eigenvalue weighted by Gasteiger charge is -2.14. The molecule has 0 radical (unpaired) electrons. The van der Waals surface area contributed by atoms with Crippen LogP contribution >= 0.6 is 11.6 Å². The predicted molar refractivity (Wildman–Crippen MR) is 141 cm³/mol. The van der Waals surface area contributed by atoms with Gasteiger partial charge in [0, 0.05) is 17.7 Å². The molecule has 0 saturated carbocycles. The minimum atomic E-state index is -0.567. The molecule has 0 spiro atoms. The Morgan fingerprint density at radius 2 is 1.86 bits per heavy atom. The van der Waals surface area contributed by atoms with Gasteiger partial charge in [-0.15, -0.1) is 0 Å². The van der Waals surface area contributed by atoms with E-state index in [0.29, 0.717) is 40.7 Å². The summed E-state index contributed by atoms with van der Waals surface area (Å²) in [6.45, 7) is 6.43. The normalized spacial score (nSPS) is 14.0. The number of aliphatic imine (C=N–C) groups is 1. The second kappa shape index (κ2) is 11.3. The topological polar surface area (TPSA) is 100 Å². The highest BCUT2D eigenvalue weighted by Gasteiger charge is 2.25. The number of ether oxygens (including phenoxy) is 3. The fraction of sp³-hybridized carbons (Fsp3) is 0.214. The summed E-state index contributed by atoms with van der Waals surface area (Å²) >= 11 is 6.51. The van der Waals surface area contributed by atoms with Crippen molar-refractivity contribution in [1.82, 2.24) is 0 Å². The lowest BCUT2D eigenvalue weighted by molar-refractivity contribution is -0.384. The van der Waals surface area contributed by atoms with Crippen LogP contribution in [-0.4, -0.2) is 23.4 Å². The van der Waals surface area contributed by atoms with Crippen molar-refractivity contribution in [3.05, 3.63) is 104 Å². The number of esters is 1. The van der Waals surface area contributed by atoms with Crippen LogP contribution < -0.4 is 9.47 Å². The van der Waals surface area contributed by atoms with Crippen LogP contribution in [0.1, 0.15) is 48.9 Å². The number of hydrogen-bond acceptors (Lipinski definition) is 7. The Balaban J connectivity index is 1.58. The van der Waals surface area contributed by atoms with Crippen molar-refractivity contribution in [1.29, 1.82) is 0 Å². The summed E-state index contributed by atoms with van der Waals surface area (Å²) in [7, 11) is 0. The van der Waals surface area contributed by atoms with Crippen LogP contribution in [0.3, 0.4) is 0 Å². The molecule has 0 fully saturated rings. The molecule has 0 aromatic heterocycles. The van der Waals surface area contributed by atoms with Crippen molar-refractivity contribution in [3.63, 3.8) is 0 Å². The van der Waals surface area contributed by atoms with Gasteiger partial charge in [0.25, 0.3) is 5.69 Å². The van der Waals surface area contributed by atoms with Crippen molar-refractivity contribution in [2.45, 2.75) is 33.3 Å². The molecule has 0 atom stereocenters. The molecule has 0 N–H and O–H groups in total. The molecule has 1 aliphatic rings. The number of carbonyl (C=O) groups excluding carboxylic acids is 1. The molecule has 190 valence electrons. The third-order valence-electron chi connectivity index (χ3n) is 5.58. The molecule has 0 bridgehead atoms. The smallest absolute Gasteiger partial charge is 0.363 e. The average Bonchev–Trinajstić information content (AvgIpc) is 3.23. The van der Waals surface area contributed by atoms with Crippen molar-refractivity contribution in [2.75, 3.05) is 6.61 Å². The molecule has 3 aromatic carbocycles. The van der Waals surface area contributed by atoms with Crippen molar-refractivity contribution in [3.8, 4) is 11.5 Å². The van der Waals surface area contributed by atoms with E-state index < -0.39 is 10.9 Å². The van der Waals surface area contributed by atoms with Gasteiger partial charge in [-0.1, -0.05) is 49.7 Å². The molecule has 0 unspecified atom stereocenters. The number of halogens is 1. The Hall–Kier alpha value is -4.17. The summed E-state index contributed by atoms with van der Waals surface area (Å²) in [6, 6.07) is 17.2. The van der Waals surface area contributed by atoms with E-state index in [1.54, 1.807) is 30.3 Å². The standard InChI is InChI=1S/C28H25ClN2O6/c1-4-35-25-15-19(13-23(29)26(25)36-16-18-6-5-7-22(12-18)31(33)34)14-24-28(32)37-27(30-24)21-10-8-20(9-11-21)17(2)3/h5-15,17H,4,16H2,1-3H3. The highest BCUT2D eigenvalue weighted by atomic mass is 35.5. The molecule has 3 aromatic rings. The number of cyclic esters (lactones) is 1. The highest BCUT2D eigenvalue weighted by molar-refractivity contribution is 6.32. The van der Waals surface area contributed by atoms with Gasteiger partial charge in [0.1, 0.15) is 6.61 Å². The third-order valence-corrected chi connectivity index (χ3v) is 5.87. The van der Waals surface area contributed by atoms with Gasteiger partial charge >= 0.3 is 5.97 Å². The first-order valence-corrected chi connectivity index (χ1v) is 12.1. The van der Waals surface area contributed by atoms with Crippen LogP contribution in [0.15, 0.2) is 71.4 Å². The number of rotatable bonds is 9. The molecule has 0 amide bonds. The van der Waals surface area contributed by atoms with Gasteiger partial charge in [-0.25, -0.2) is 9.79 Å². The van der Waals surface area contributed by atoms with Gasteiger partial charge < -0.3 is 14.2 Å². The summed E-state index contributed by atoms with van der Waals surface area (Å²) in [5.41, 5.74) is 3.17. The molecule has 37 heavy (non-hydrogen) atoms. The maximum atomic E-state index is 12.5. The van der Waals surface area contributed by atoms with Crippen LogP contribution in [0.5, 0.6) is 11.5 Å². The van der Waals surface area contributed by atoms with Crippen LogP contribution in [0.25, 0.3) is 6.08 Å². The fourth-order valence-corrected chi connectivity index (χ4v) is 3.96.